The van der Waals surface area contributed by atoms with Crippen LogP contribution in [-0.2, 0) is 13.2 Å². The molecule has 2 aromatic carbocycles. The molecule has 4 aliphatic rings. The minimum Gasteiger partial charge on any atom is -0.489 e. The Labute approximate surface area is 177 Å². The maximum absolute atomic E-state index is 6.09. The molecule has 0 aliphatic heterocycles. The van der Waals surface area contributed by atoms with Crippen LogP contribution in [0.3, 0.4) is 0 Å². The molecule has 0 saturated heterocycles. The monoisotopic (exact) mass is 415 g/mol. The van der Waals surface area contributed by atoms with Crippen molar-refractivity contribution in [3.05, 3.63) is 63.6 Å². The summed E-state index contributed by atoms with van der Waals surface area (Å²) >= 11 is 12.1. The van der Waals surface area contributed by atoms with E-state index in [9.17, 15) is 0 Å². The van der Waals surface area contributed by atoms with Crippen LogP contribution in [0.1, 0.15) is 43.2 Å². The van der Waals surface area contributed by atoms with Crippen molar-refractivity contribution in [2.24, 2.45) is 23.7 Å². The molecule has 0 radical (unpaired) electrons. The van der Waals surface area contributed by atoms with E-state index in [1.54, 1.807) is 0 Å². The first-order chi connectivity index (χ1) is 13.6. The third kappa shape index (κ3) is 3.92. The van der Waals surface area contributed by atoms with E-state index in [2.05, 4.69) is 23.5 Å². The average Bonchev–Trinajstić information content (AvgIpc) is 2.68. The second-order valence-corrected chi connectivity index (χ2v) is 9.84. The summed E-state index contributed by atoms with van der Waals surface area (Å²) in [5.74, 6) is 4.77. The Morgan fingerprint density at radius 2 is 1.57 bits per heavy atom. The molecule has 2 aromatic rings. The Hall–Kier alpha value is -1.22. The van der Waals surface area contributed by atoms with Gasteiger partial charge in [0.15, 0.2) is 0 Å². The Bertz CT molecular complexity index is 824. The van der Waals surface area contributed by atoms with Gasteiger partial charge in [-0.15, -0.1) is 0 Å². The van der Waals surface area contributed by atoms with Crippen molar-refractivity contribution in [2.45, 2.75) is 51.3 Å². The molecular formula is C24H27Cl2NO. The average molecular weight is 416 g/mol. The summed E-state index contributed by atoms with van der Waals surface area (Å²) in [5, 5.41) is 5.05. The Morgan fingerprint density at radius 1 is 0.821 bits per heavy atom. The molecule has 4 heteroatoms. The van der Waals surface area contributed by atoms with E-state index in [4.69, 9.17) is 27.9 Å². The third-order valence-corrected chi connectivity index (χ3v) is 7.80. The van der Waals surface area contributed by atoms with Crippen LogP contribution in [0.25, 0.3) is 0 Å². The third-order valence-electron chi connectivity index (χ3n) is 7.06. The van der Waals surface area contributed by atoms with Crippen molar-refractivity contribution in [1.29, 1.82) is 0 Å². The van der Waals surface area contributed by atoms with E-state index in [1.807, 2.05) is 24.3 Å². The fourth-order valence-corrected chi connectivity index (χ4v) is 6.36. The molecule has 4 aliphatic carbocycles. The minimum absolute atomic E-state index is 0.489. The SMILES string of the molecule is Clc1ccc(COc2cccc(CNC3C4CC5CC(C4)CC3C5)c2)cc1Cl. The number of hydrogen-bond acceptors (Lipinski definition) is 2. The summed E-state index contributed by atoms with van der Waals surface area (Å²) in [7, 11) is 0. The van der Waals surface area contributed by atoms with Crippen LogP contribution >= 0.6 is 23.2 Å². The number of ether oxygens (including phenoxy) is 1. The number of benzene rings is 2. The molecule has 0 aromatic heterocycles. The van der Waals surface area contributed by atoms with Gasteiger partial charge in [-0.05, 0) is 91.2 Å². The van der Waals surface area contributed by atoms with Crippen molar-refractivity contribution in [3.63, 3.8) is 0 Å². The Kier molecular flexibility index (Phi) is 5.30. The molecule has 0 unspecified atom stereocenters. The van der Waals surface area contributed by atoms with Crippen LogP contribution in [0.15, 0.2) is 42.5 Å². The lowest BCUT2D eigenvalue weighted by molar-refractivity contribution is -0.0142. The molecule has 4 saturated carbocycles. The van der Waals surface area contributed by atoms with Crippen LogP contribution < -0.4 is 10.1 Å². The first kappa shape index (κ1) is 18.8. The first-order valence-corrected chi connectivity index (χ1v) is 11.3. The predicted molar refractivity (Wildman–Crippen MR) is 115 cm³/mol. The maximum Gasteiger partial charge on any atom is 0.120 e. The zero-order valence-corrected chi connectivity index (χ0v) is 17.6. The topological polar surface area (TPSA) is 21.3 Å². The van der Waals surface area contributed by atoms with Gasteiger partial charge in [0.05, 0.1) is 10.0 Å². The maximum atomic E-state index is 6.09. The van der Waals surface area contributed by atoms with Crippen molar-refractivity contribution in [1.82, 2.24) is 5.32 Å². The van der Waals surface area contributed by atoms with Gasteiger partial charge in [-0.1, -0.05) is 41.4 Å². The molecular weight excluding hydrogens is 389 g/mol. The zero-order valence-electron chi connectivity index (χ0n) is 16.0. The lowest BCUT2D eigenvalue weighted by Gasteiger charge is -2.54. The molecule has 0 atom stereocenters. The Balaban J connectivity index is 1.18. The van der Waals surface area contributed by atoms with Gasteiger partial charge in [0.2, 0.25) is 0 Å². The highest BCUT2D eigenvalue weighted by molar-refractivity contribution is 6.42. The summed E-state index contributed by atoms with van der Waals surface area (Å²) < 4.78 is 5.98. The van der Waals surface area contributed by atoms with Gasteiger partial charge in [0, 0.05) is 12.6 Å². The van der Waals surface area contributed by atoms with Crippen molar-refractivity contribution in [2.75, 3.05) is 0 Å². The molecule has 0 spiro atoms. The van der Waals surface area contributed by atoms with Crippen LogP contribution in [0, 0.1) is 23.7 Å². The highest BCUT2D eigenvalue weighted by Crippen LogP contribution is 2.53. The summed E-state index contributed by atoms with van der Waals surface area (Å²) in [6.07, 6.45) is 7.34. The van der Waals surface area contributed by atoms with Crippen molar-refractivity contribution >= 4 is 23.2 Å². The molecule has 0 heterocycles. The summed E-state index contributed by atoms with van der Waals surface area (Å²) in [6.45, 7) is 1.42. The normalized spacial score (nSPS) is 30.6. The smallest absolute Gasteiger partial charge is 0.120 e. The lowest BCUT2D eigenvalue weighted by atomic mass is 9.54. The van der Waals surface area contributed by atoms with Crippen molar-refractivity contribution < 1.29 is 4.74 Å². The number of nitrogens with one attached hydrogen (secondary N) is 1. The fraction of sp³-hybridized carbons (Fsp3) is 0.500. The number of hydrogen-bond donors (Lipinski definition) is 1. The van der Waals surface area contributed by atoms with E-state index in [-0.39, 0.29) is 0 Å². The fourth-order valence-electron chi connectivity index (χ4n) is 6.04. The van der Waals surface area contributed by atoms with Crippen molar-refractivity contribution in [3.8, 4) is 5.75 Å². The summed E-state index contributed by atoms with van der Waals surface area (Å²) in [6, 6.07) is 14.8. The van der Waals surface area contributed by atoms with E-state index >= 15 is 0 Å². The van der Waals surface area contributed by atoms with Crippen LogP contribution in [0.2, 0.25) is 10.0 Å². The van der Waals surface area contributed by atoms with Crippen LogP contribution in [0.5, 0.6) is 5.75 Å². The lowest BCUT2D eigenvalue weighted by Crippen LogP contribution is -2.54. The minimum atomic E-state index is 0.489. The molecule has 1 N–H and O–H groups in total. The predicted octanol–water partition coefficient (Wildman–Crippen LogP) is 6.49. The summed E-state index contributed by atoms with van der Waals surface area (Å²) in [4.78, 5) is 0. The van der Waals surface area contributed by atoms with Gasteiger partial charge in [0.1, 0.15) is 12.4 Å². The molecule has 28 heavy (non-hydrogen) atoms. The molecule has 6 rings (SSSR count). The van der Waals surface area contributed by atoms with E-state index in [0.29, 0.717) is 22.7 Å². The van der Waals surface area contributed by atoms with Gasteiger partial charge >= 0.3 is 0 Å². The molecule has 4 bridgehead atoms. The van der Waals surface area contributed by atoms with Gasteiger partial charge in [-0.3, -0.25) is 0 Å². The molecule has 0 amide bonds. The van der Waals surface area contributed by atoms with Gasteiger partial charge in [-0.25, -0.2) is 0 Å². The highest BCUT2D eigenvalue weighted by Gasteiger charge is 2.47. The Morgan fingerprint density at radius 3 is 2.29 bits per heavy atom. The van der Waals surface area contributed by atoms with Crippen LogP contribution in [0.4, 0.5) is 0 Å². The standard InChI is InChI=1S/C24H27Cl2NO/c25-22-5-4-16(12-23(22)26)14-28-21-3-1-2-15(11-21)13-27-24-19-7-17-6-18(9-19)10-20(24)8-17/h1-5,11-12,17-20,24,27H,6-10,13-14H2. The van der Waals surface area contributed by atoms with E-state index < -0.39 is 0 Å². The molecule has 148 valence electrons. The summed E-state index contributed by atoms with van der Waals surface area (Å²) in [5.41, 5.74) is 2.31. The van der Waals surface area contributed by atoms with Gasteiger partial charge in [-0.2, -0.15) is 0 Å². The van der Waals surface area contributed by atoms with E-state index in [1.165, 1.54) is 37.7 Å². The van der Waals surface area contributed by atoms with Crippen LogP contribution in [-0.4, -0.2) is 6.04 Å². The van der Waals surface area contributed by atoms with E-state index in [0.717, 1.165) is 41.5 Å². The van der Waals surface area contributed by atoms with Gasteiger partial charge < -0.3 is 10.1 Å². The molecule has 2 nitrogen and oxygen atoms in total. The largest absolute Gasteiger partial charge is 0.489 e. The molecule has 4 fully saturated rings. The first-order valence-electron chi connectivity index (χ1n) is 10.5. The highest BCUT2D eigenvalue weighted by atomic mass is 35.5. The van der Waals surface area contributed by atoms with Gasteiger partial charge in [0.25, 0.3) is 0 Å². The number of rotatable bonds is 6. The second kappa shape index (κ2) is 7.89. The number of halogens is 2. The second-order valence-electron chi connectivity index (χ2n) is 9.02. The quantitative estimate of drug-likeness (QED) is 0.581. The zero-order chi connectivity index (χ0) is 19.1.